The lowest BCUT2D eigenvalue weighted by Crippen LogP contribution is -2.25. The first-order valence-electron chi connectivity index (χ1n) is 11.9. The molecule has 0 fully saturated rings. The van der Waals surface area contributed by atoms with Crippen molar-refractivity contribution in [2.45, 2.75) is 19.6 Å². The van der Waals surface area contributed by atoms with E-state index in [2.05, 4.69) is 68.7 Å². The summed E-state index contributed by atoms with van der Waals surface area (Å²) in [6.07, 6.45) is 3.37. The fourth-order valence-corrected chi connectivity index (χ4v) is 4.92. The third-order valence-electron chi connectivity index (χ3n) is 6.74. The molecule has 0 saturated carbocycles. The number of anilines is 1. The van der Waals surface area contributed by atoms with Crippen molar-refractivity contribution in [3.8, 4) is 22.3 Å². The summed E-state index contributed by atoms with van der Waals surface area (Å²) in [6.45, 7) is 2.00. The van der Waals surface area contributed by atoms with Gasteiger partial charge in [0, 0.05) is 37.0 Å². The van der Waals surface area contributed by atoms with Gasteiger partial charge in [0.05, 0.1) is 18.4 Å². The van der Waals surface area contributed by atoms with Gasteiger partial charge in [-0.05, 0) is 59.1 Å². The molecule has 0 radical (unpaired) electrons. The summed E-state index contributed by atoms with van der Waals surface area (Å²) < 4.78 is 1.93. The molecule has 0 saturated heterocycles. The molecule has 6 bridgehead atoms. The molecule has 1 N–H and O–H groups in total. The second-order valence-corrected chi connectivity index (χ2v) is 9.34. The minimum atomic E-state index is -0.261. The number of aromatic nitrogens is 2. The number of carbonyl (C=O) groups is 1. The van der Waals surface area contributed by atoms with Gasteiger partial charge < -0.3 is 5.32 Å². The fraction of sp³-hybridized carbons (Fsp3) is 0.172. The number of fused-ring (bicyclic) bond motifs is 8. The first-order chi connectivity index (χ1) is 17.5. The molecule has 3 heterocycles. The molecule has 0 atom stereocenters. The monoisotopic (exact) mass is 474 g/mol. The van der Waals surface area contributed by atoms with E-state index in [0.29, 0.717) is 12.3 Å². The van der Waals surface area contributed by atoms with Gasteiger partial charge in [0.15, 0.2) is 0 Å². The summed E-state index contributed by atoms with van der Waals surface area (Å²) in [5.41, 5.74) is 9.36. The van der Waals surface area contributed by atoms with Crippen molar-refractivity contribution in [2.24, 2.45) is 17.0 Å². The highest BCUT2D eigenvalue weighted by atomic mass is 16.1. The summed E-state index contributed by atoms with van der Waals surface area (Å²) >= 11 is 0. The molecular weight excluding hydrogens is 448 g/mol. The molecule has 2 aliphatic heterocycles. The predicted octanol–water partition coefficient (Wildman–Crippen LogP) is 4.67. The van der Waals surface area contributed by atoms with Crippen LogP contribution in [0.5, 0.6) is 0 Å². The maximum absolute atomic E-state index is 13.5. The van der Waals surface area contributed by atoms with Crippen LogP contribution in [0.15, 0.2) is 82.9 Å². The van der Waals surface area contributed by atoms with E-state index in [-0.39, 0.29) is 5.91 Å². The Morgan fingerprint density at radius 2 is 1.69 bits per heavy atom. The molecule has 1 aromatic heterocycles. The number of nitrogens with zero attached hydrogens (tertiary/aromatic N) is 5. The number of benzene rings is 3. The van der Waals surface area contributed by atoms with E-state index in [1.165, 1.54) is 11.9 Å². The van der Waals surface area contributed by atoms with Gasteiger partial charge in [0.1, 0.15) is 12.1 Å². The second-order valence-electron chi connectivity index (χ2n) is 9.34. The van der Waals surface area contributed by atoms with Gasteiger partial charge in [-0.2, -0.15) is 5.10 Å². The van der Waals surface area contributed by atoms with Crippen LogP contribution in [-0.2, 0) is 31.5 Å². The molecule has 1 amide bonds. The summed E-state index contributed by atoms with van der Waals surface area (Å²) in [5.74, 6) is -0.261. The van der Waals surface area contributed by atoms with Gasteiger partial charge in [0.2, 0.25) is 0 Å². The predicted molar refractivity (Wildman–Crippen MR) is 143 cm³/mol. The quantitative estimate of drug-likeness (QED) is 0.403. The third kappa shape index (κ3) is 4.14. The van der Waals surface area contributed by atoms with Crippen molar-refractivity contribution in [3.63, 3.8) is 0 Å². The van der Waals surface area contributed by atoms with E-state index < -0.39 is 0 Å². The molecule has 0 aliphatic carbocycles. The van der Waals surface area contributed by atoms with Crippen LogP contribution in [0.3, 0.4) is 0 Å². The van der Waals surface area contributed by atoms with E-state index in [9.17, 15) is 4.79 Å². The van der Waals surface area contributed by atoms with Crippen LogP contribution in [0.2, 0.25) is 0 Å². The number of hydrogen-bond donors (Lipinski definition) is 1. The molecular formula is C29H26N6O. The Hall–Kier alpha value is -4.36. The van der Waals surface area contributed by atoms with Crippen LogP contribution in [0, 0.1) is 0 Å². The average Bonchev–Trinajstić information content (AvgIpc) is 3.10. The summed E-state index contributed by atoms with van der Waals surface area (Å²) in [6, 6.07) is 22.6. The Kier molecular flexibility index (Phi) is 5.54. The number of carbonyl (C=O) groups excluding carboxylic acids is 1. The highest BCUT2D eigenvalue weighted by Crippen LogP contribution is 2.30. The highest BCUT2D eigenvalue weighted by Gasteiger charge is 2.22. The normalized spacial score (nSPS) is 15.4. The van der Waals surface area contributed by atoms with E-state index >= 15 is 0 Å². The Morgan fingerprint density at radius 1 is 0.861 bits per heavy atom. The molecule has 6 rings (SSSR count). The van der Waals surface area contributed by atoms with Crippen molar-refractivity contribution >= 4 is 23.6 Å². The maximum Gasteiger partial charge on any atom is 0.274 e. The minimum absolute atomic E-state index is 0.261. The fourth-order valence-electron chi connectivity index (χ4n) is 4.92. The zero-order valence-electron chi connectivity index (χ0n) is 20.3. The molecule has 0 spiro atoms. The van der Waals surface area contributed by atoms with Crippen LogP contribution >= 0.6 is 0 Å². The Labute approximate surface area is 209 Å². The van der Waals surface area contributed by atoms with E-state index in [1.54, 1.807) is 0 Å². The summed E-state index contributed by atoms with van der Waals surface area (Å²) in [7, 11) is 4.10. The number of aliphatic imine (C=N–C) groups is 2. The first kappa shape index (κ1) is 22.1. The lowest BCUT2D eigenvalue weighted by atomic mass is 9.96. The Balaban J connectivity index is 1.53. The molecule has 36 heavy (non-hydrogen) atoms. The Morgan fingerprint density at radius 3 is 2.58 bits per heavy atom. The zero-order chi connectivity index (χ0) is 24.6. The van der Waals surface area contributed by atoms with E-state index in [0.717, 1.165) is 57.9 Å². The zero-order valence-corrected chi connectivity index (χ0v) is 20.3. The van der Waals surface area contributed by atoms with Crippen LogP contribution in [0.4, 0.5) is 5.69 Å². The van der Waals surface area contributed by atoms with E-state index in [1.807, 2.05) is 48.3 Å². The molecule has 178 valence electrons. The lowest BCUT2D eigenvalue weighted by Gasteiger charge is -2.19. The number of aryl methyl sites for hydroxylation is 1. The SMILES string of the molecule is CN1Cc2cccc(c2)-c2cccc(c2)NC(=O)C2=NC=NCc3ccc(cc32)-c2cnn(C)c2C1. The summed E-state index contributed by atoms with van der Waals surface area (Å²) in [4.78, 5) is 24.6. The van der Waals surface area contributed by atoms with Gasteiger partial charge in [0.25, 0.3) is 5.91 Å². The highest BCUT2D eigenvalue weighted by molar-refractivity contribution is 6.50. The van der Waals surface area contributed by atoms with Crippen LogP contribution in [0.1, 0.15) is 22.4 Å². The van der Waals surface area contributed by atoms with Gasteiger partial charge in [-0.15, -0.1) is 0 Å². The van der Waals surface area contributed by atoms with Crippen molar-refractivity contribution in [2.75, 3.05) is 12.4 Å². The second kappa shape index (κ2) is 9.02. The molecule has 3 aromatic carbocycles. The number of amides is 1. The van der Waals surface area contributed by atoms with Crippen molar-refractivity contribution < 1.29 is 4.79 Å². The number of rotatable bonds is 0. The topological polar surface area (TPSA) is 74.9 Å². The van der Waals surface area contributed by atoms with Gasteiger partial charge >= 0.3 is 0 Å². The molecule has 7 nitrogen and oxygen atoms in total. The van der Waals surface area contributed by atoms with Gasteiger partial charge in [-0.3, -0.25) is 19.4 Å². The summed E-state index contributed by atoms with van der Waals surface area (Å²) in [5, 5.41) is 7.62. The van der Waals surface area contributed by atoms with Gasteiger partial charge in [-0.1, -0.05) is 42.5 Å². The number of nitrogens with one attached hydrogen (secondary N) is 1. The first-order valence-corrected chi connectivity index (χ1v) is 11.9. The maximum atomic E-state index is 13.5. The van der Waals surface area contributed by atoms with Gasteiger partial charge in [-0.25, -0.2) is 4.99 Å². The van der Waals surface area contributed by atoms with Crippen molar-refractivity contribution in [3.05, 3.63) is 95.3 Å². The largest absolute Gasteiger partial charge is 0.321 e. The number of hydrogen-bond acceptors (Lipinski definition) is 5. The van der Waals surface area contributed by atoms with Crippen molar-refractivity contribution in [1.29, 1.82) is 0 Å². The lowest BCUT2D eigenvalue weighted by molar-refractivity contribution is -0.110. The van der Waals surface area contributed by atoms with E-state index in [4.69, 9.17) is 0 Å². The Bertz CT molecular complexity index is 1550. The molecule has 2 aliphatic rings. The average molecular weight is 475 g/mol. The van der Waals surface area contributed by atoms with Crippen LogP contribution < -0.4 is 5.32 Å². The minimum Gasteiger partial charge on any atom is -0.321 e. The van der Waals surface area contributed by atoms with Crippen LogP contribution in [0.25, 0.3) is 22.3 Å². The molecule has 0 unspecified atom stereocenters. The third-order valence-corrected chi connectivity index (χ3v) is 6.74. The molecule has 4 aromatic rings. The van der Waals surface area contributed by atoms with Crippen molar-refractivity contribution in [1.82, 2.24) is 14.7 Å². The van der Waals surface area contributed by atoms with Crippen LogP contribution in [-0.4, -0.2) is 39.7 Å². The molecule has 7 heteroatoms. The standard InChI is InChI=1S/C29H26N6O/c1-34-16-19-5-3-6-20(11-19)21-7-4-8-24(12-21)33-29(36)28-25-13-22(9-10-23(25)14-30-18-31-28)26-15-32-35(2)27(26)17-34/h3-13,15,18H,14,16-17H2,1-2H3,(H,33,36). The smallest absolute Gasteiger partial charge is 0.274 e.